The number of hydrogen-bond acceptors (Lipinski definition) is 9. The monoisotopic (exact) mass is 308 g/mol. The minimum Gasteiger partial charge on any atom is -0.348 e. The maximum Gasteiger partial charge on any atom is 0.243 e. The number of nitrogen functional groups attached to an aromatic ring is 1. The van der Waals surface area contributed by atoms with Crippen molar-refractivity contribution in [2.24, 2.45) is 5.84 Å². The Morgan fingerprint density at radius 2 is 1.86 bits per heavy atom. The van der Waals surface area contributed by atoms with E-state index >= 15 is 0 Å². The molecule has 114 valence electrons. The number of nitrogens with one attached hydrogen (secondary N) is 2. The van der Waals surface area contributed by atoms with Gasteiger partial charge in [-0.1, -0.05) is 0 Å². The maximum atomic E-state index is 5.42. The van der Waals surface area contributed by atoms with E-state index in [4.69, 9.17) is 5.84 Å². The number of aryl methyl sites for hydroxylation is 1. The molecule has 4 N–H and O–H groups in total. The third kappa shape index (κ3) is 3.99. The zero-order chi connectivity index (χ0) is 15.2. The van der Waals surface area contributed by atoms with E-state index in [9.17, 15) is 0 Å². The summed E-state index contributed by atoms with van der Waals surface area (Å²) in [7, 11) is 0. The van der Waals surface area contributed by atoms with Gasteiger partial charge in [-0.15, -0.1) is 11.3 Å². The summed E-state index contributed by atoms with van der Waals surface area (Å²) < 4.78 is 0. The van der Waals surface area contributed by atoms with E-state index in [2.05, 4.69) is 30.7 Å². The first-order valence-electron chi connectivity index (χ1n) is 6.78. The molecule has 2 heterocycles. The lowest BCUT2D eigenvalue weighted by atomic mass is 10.5. The second-order valence-corrected chi connectivity index (χ2v) is 5.28. The second kappa shape index (κ2) is 7.14. The number of aromatic nitrogens is 4. The first-order chi connectivity index (χ1) is 10.2. The number of rotatable bonds is 7. The van der Waals surface area contributed by atoms with Crippen molar-refractivity contribution in [1.29, 1.82) is 0 Å². The van der Waals surface area contributed by atoms with Crippen molar-refractivity contribution in [2.45, 2.75) is 27.3 Å². The van der Waals surface area contributed by atoms with Crippen molar-refractivity contribution in [1.82, 2.24) is 19.9 Å². The van der Waals surface area contributed by atoms with Gasteiger partial charge in [-0.05, 0) is 20.8 Å². The predicted octanol–water partition coefficient (Wildman–Crippen LogP) is 1.38. The topological polar surface area (TPSA) is 105 Å². The van der Waals surface area contributed by atoms with E-state index in [0.717, 1.165) is 23.8 Å². The molecule has 9 heteroatoms. The largest absolute Gasteiger partial charge is 0.348 e. The third-order valence-electron chi connectivity index (χ3n) is 2.86. The summed E-state index contributed by atoms with van der Waals surface area (Å²) in [6.45, 7) is 8.27. The normalized spacial score (nSPS) is 10.5. The third-order valence-corrected chi connectivity index (χ3v) is 3.83. The summed E-state index contributed by atoms with van der Waals surface area (Å²) >= 11 is 1.60. The molecule has 2 rings (SSSR count). The number of anilines is 3. The molecule has 0 bridgehead atoms. The van der Waals surface area contributed by atoms with Crippen LogP contribution < -0.4 is 21.5 Å². The summed E-state index contributed by atoms with van der Waals surface area (Å²) in [6.07, 6.45) is 0. The van der Waals surface area contributed by atoms with Gasteiger partial charge in [0.2, 0.25) is 17.8 Å². The smallest absolute Gasteiger partial charge is 0.243 e. The number of nitrogens with two attached hydrogens (primary N) is 1. The Morgan fingerprint density at radius 3 is 2.43 bits per heavy atom. The van der Waals surface area contributed by atoms with Gasteiger partial charge in [-0.2, -0.15) is 15.0 Å². The molecule has 0 fully saturated rings. The molecule has 0 aliphatic rings. The fourth-order valence-electron chi connectivity index (χ4n) is 1.79. The van der Waals surface area contributed by atoms with Crippen LogP contribution in [-0.4, -0.2) is 33.0 Å². The summed E-state index contributed by atoms with van der Waals surface area (Å²) in [6, 6.07) is 0. The van der Waals surface area contributed by atoms with Crippen LogP contribution in [-0.2, 0) is 6.54 Å². The molecule has 0 saturated carbocycles. The van der Waals surface area contributed by atoms with Gasteiger partial charge in [0.1, 0.15) is 5.01 Å². The van der Waals surface area contributed by atoms with Gasteiger partial charge in [0.15, 0.2) is 0 Å². The first-order valence-corrected chi connectivity index (χ1v) is 7.66. The highest BCUT2D eigenvalue weighted by Gasteiger charge is 2.11. The Kier molecular flexibility index (Phi) is 5.23. The Bertz CT molecular complexity index is 580. The number of hydrazine groups is 1. The van der Waals surface area contributed by atoms with Gasteiger partial charge in [-0.25, -0.2) is 10.8 Å². The second-order valence-electron chi connectivity index (χ2n) is 4.34. The van der Waals surface area contributed by atoms with E-state index < -0.39 is 0 Å². The average molecular weight is 308 g/mol. The molecule has 0 aromatic carbocycles. The highest BCUT2D eigenvalue weighted by atomic mass is 32.1. The van der Waals surface area contributed by atoms with Crippen LogP contribution in [0.3, 0.4) is 0 Å². The summed E-state index contributed by atoms with van der Waals surface area (Å²) in [5.41, 5.74) is 3.49. The van der Waals surface area contributed by atoms with Crippen LogP contribution >= 0.6 is 11.3 Å². The molecule has 8 nitrogen and oxygen atoms in total. The van der Waals surface area contributed by atoms with Crippen molar-refractivity contribution >= 4 is 29.2 Å². The Hall–Kier alpha value is -2.00. The van der Waals surface area contributed by atoms with E-state index in [1.165, 1.54) is 0 Å². The summed E-state index contributed by atoms with van der Waals surface area (Å²) in [5, 5.41) is 6.15. The van der Waals surface area contributed by atoms with Crippen molar-refractivity contribution in [3.8, 4) is 0 Å². The van der Waals surface area contributed by atoms with E-state index in [0.29, 0.717) is 24.4 Å². The lowest BCUT2D eigenvalue weighted by molar-refractivity contribution is 0.811. The van der Waals surface area contributed by atoms with E-state index in [1.54, 1.807) is 11.3 Å². The fourth-order valence-corrected chi connectivity index (χ4v) is 2.51. The highest BCUT2D eigenvalue weighted by Crippen LogP contribution is 2.15. The van der Waals surface area contributed by atoms with Gasteiger partial charge in [0.05, 0.1) is 6.54 Å². The number of nitrogens with zero attached hydrogens (tertiary/aromatic N) is 5. The minimum absolute atomic E-state index is 0.338. The molecule has 0 radical (unpaired) electrons. The Balaban J connectivity index is 2.16. The standard InChI is InChI=1S/C12H20N8S/c1-4-20(5-2)12-17-10(16-11(18-12)19-13)14-6-9-15-8(3)7-21-9/h7H,4-6,13H2,1-3H3,(H2,14,16,17,18,19). The zero-order valence-electron chi connectivity index (χ0n) is 12.4. The molecule has 0 amide bonds. The predicted molar refractivity (Wildman–Crippen MR) is 85.4 cm³/mol. The molecule has 2 aromatic heterocycles. The van der Waals surface area contributed by atoms with Crippen LogP contribution in [0, 0.1) is 6.92 Å². The van der Waals surface area contributed by atoms with Gasteiger partial charge >= 0.3 is 0 Å². The van der Waals surface area contributed by atoms with Crippen LogP contribution in [0.5, 0.6) is 0 Å². The fraction of sp³-hybridized carbons (Fsp3) is 0.500. The number of hydrogen-bond donors (Lipinski definition) is 3. The Morgan fingerprint density at radius 1 is 1.14 bits per heavy atom. The lowest BCUT2D eigenvalue weighted by Gasteiger charge is -2.19. The Labute approximate surface area is 127 Å². The molecule has 2 aromatic rings. The molecule has 0 atom stereocenters. The number of thiazole rings is 1. The van der Waals surface area contributed by atoms with Crippen LogP contribution in [0.1, 0.15) is 24.5 Å². The van der Waals surface area contributed by atoms with Crippen molar-refractivity contribution in [3.63, 3.8) is 0 Å². The quantitative estimate of drug-likeness (QED) is 0.520. The van der Waals surface area contributed by atoms with Crippen LogP contribution in [0.2, 0.25) is 0 Å². The van der Waals surface area contributed by atoms with Gasteiger partial charge < -0.3 is 10.2 Å². The van der Waals surface area contributed by atoms with Gasteiger partial charge in [-0.3, -0.25) is 5.43 Å². The molecule has 0 unspecified atom stereocenters. The molecule has 0 aliphatic carbocycles. The SMILES string of the molecule is CCN(CC)c1nc(NN)nc(NCc2nc(C)cs2)n1. The van der Waals surface area contributed by atoms with Crippen molar-refractivity contribution < 1.29 is 0 Å². The van der Waals surface area contributed by atoms with Crippen molar-refractivity contribution in [3.05, 3.63) is 16.1 Å². The minimum atomic E-state index is 0.338. The lowest BCUT2D eigenvalue weighted by Crippen LogP contribution is -2.26. The van der Waals surface area contributed by atoms with E-state index in [1.807, 2.05) is 31.1 Å². The van der Waals surface area contributed by atoms with Crippen LogP contribution in [0.4, 0.5) is 17.8 Å². The molecule has 0 saturated heterocycles. The van der Waals surface area contributed by atoms with Crippen molar-refractivity contribution in [2.75, 3.05) is 28.7 Å². The first kappa shape index (κ1) is 15.4. The van der Waals surface area contributed by atoms with Gasteiger partial charge in [0.25, 0.3) is 0 Å². The maximum absolute atomic E-state index is 5.42. The highest BCUT2D eigenvalue weighted by molar-refractivity contribution is 7.09. The zero-order valence-corrected chi connectivity index (χ0v) is 13.2. The molecular formula is C12H20N8S. The van der Waals surface area contributed by atoms with Crippen LogP contribution in [0.15, 0.2) is 5.38 Å². The summed E-state index contributed by atoms with van der Waals surface area (Å²) in [5.74, 6) is 6.84. The molecule has 21 heavy (non-hydrogen) atoms. The van der Waals surface area contributed by atoms with Gasteiger partial charge in [0, 0.05) is 24.2 Å². The molecule has 0 aliphatic heterocycles. The average Bonchev–Trinajstić information content (AvgIpc) is 2.92. The van der Waals surface area contributed by atoms with Crippen LogP contribution in [0.25, 0.3) is 0 Å². The van der Waals surface area contributed by atoms with E-state index in [-0.39, 0.29) is 0 Å². The molecular weight excluding hydrogens is 288 g/mol. The molecule has 0 spiro atoms. The summed E-state index contributed by atoms with van der Waals surface area (Å²) in [4.78, 5) is 19.3.